The second kappa shape index (κ2) is 8.49. The molecule has 1 fully saturated rings. The molecule has 34 heavy (non-hydrogen) atoms. The molecule has 7 rings (SSSR count). The molecular weight excluding hydrogens is 479 g/mol. The van der Waals surface area contributed by atoms with Crippen molar-refractivity contribution in [2.75, 3.05) is 0 Å². The second-order valence-corrected chi connectivity index (χ2v) is 9.35. The predicted molar refractivity (Wildman–Crippen MR) is 123 cm³/mol. The fraction of sp³-hybridized carbons (Fsp3) is 0.273. The van der Waals surface area contributed by atoms with Crippen LogP contribution in [-0.4, -0.2) is 35.3 Å². The zero-order chi connectivity index (χ0) is 23.3. The average molecular weight is 499 g/mol. The lowest BCUT2D eigenvalue weighted by Gasteiger charge is -2.41. The Bertz CT molecular complexity index is 1320. The van der Waals surface area contributed by atoms with Crippen molar-refractivity contribution in [3.05, 3.63) is 70.8 Å². The van der Waals surface area contributed by atoms with Gasteiger partial charge in [0.1, 0.15) is 0 Å². The molecule has 2 bridgehead atoms. The van der Waals surface area contributed by atoms with Gasteiger partial charge in [-0.05, 0) is 16.3 Å². The molecule has 1 atom stereocenters. The number of imidazole rings is 1. The molecule has 2 N–H and O–H groups in total. The molecule has 3 aliphatic rings. The monoisotopic (exact) mass is 498 g/mol. The summed E-state index contributed by atoms with van der Waals surface area (Å²) in [5.74, 6) is 0.0294. The van der Waals surface area contributed by atoms with E-state index in [-0.39, 0.29) is 11.8 Å². The lowest BCUT2D eigenvalue weighted by atomic mass is 9.98. The van der Waals surface area contributed by atoms with E-state index >= 15 is 0 Å². The van der Waals surface area contributed by atoms with Gasteiger partial charge in [0.15, 0.2) is 17.2 Å². The van der Waals surface area contributed by atoms with Crippen molar-refractivity contribution in [1.82, 2.24) is 30.2 Å². The highest BCUT2D eigenvalue weighted by atomic mass is 35.5. The van der Waals surface area contributed by atoms with Crippen LogP contribution in [0.4, 0.5) is 0 Å². The van der Waals surface area contributed by atoms with Crippen LogP contribution in [0.25, 0.3) is 22.5 Å². The van der Waals surface area contributed by atoms with Crippen LogP contribution in [0.2, 0.25) is 5.15 Å². The van der Waals surface area contributed by atoms with Gasteiger partial charge in [0.2, 0.25) is 11.6 Å². The number of tetrazole rings is 1. The molecule has 1 saturated heterocycles. The van der Waals surface area contributed by atoms with Gasteiger partial charge in [-0.2, -0.15) is 5.21 Å². The number of rotatable bonds is 6. The van der Waals surface area contributed by atoms with E-state index in [1.807, 2.05) is 55.5 Å². The van der Waals surface area contributed by atoms with Crippen molar-refractivity contribution in [1.29, 1.82) is 0 Å². The number of aromatic nitrogens is 6. The van der Waals surface area contributed by atoms with E-state index in [1.165, 1.54) is 0 Å². The van der Waals surface area contributed by atoms with Crippen LogP contribution in [0, 0.1) is 0 Å². The normalized spacial score (nSPS) is 23.3. The first-order valence-corrected chi connectivity index (χ1v) is 12.3. The Morgan fingerprint density at radius 1 is 1.15 bits per heavy atom. The first kappa shape index (κ1) is 21.8. The highest BCUT2D eigenvalue weighted by molar-refractivity contribution is 7.42. The van der Waals surface area contributed by atoms with Crippen molar-refractivity contribution in [2.24, 2.45) is 0 Å². The number of H-pyrrole nitrogens is 1. The van der Waals surface area contributed by atoms with Crippen molar-refractivity contribution < 1.29 is 18.7 Å². The number of halogens is 1. The van der Waals surface area contributed by atoms with E-state index in [9.17, 15) is 5.11 Å². The number of aliphatic hydroxyl groups excluding tert-OH is 1. The predicted octanol–water partition coefficient (Wildman–Crippen LogP) is 4.68. The Hall–Kier alpha value is -2.72. The van der Waals surface area contributed by atoms with Gasteiger partial charge in [0.05, 0.1) is 12.3 Å². The number of hydrogen-bond acceptors (Lipinski definition) is 8. The van der Waals surface area contributed by atoms with E-state index in [2.05, 4.69) is 25.6 Å². The van der Waals surface area contributed by atoms with Crippen molar-refractivity contribution >= 4 is 20.2 Å². The van der Waals surface area contributed by atoms with Crippen molar-refractivity contribution in [3.8, 4) is 22.5 Å². The molecule has 5 heterocycles. The van der Waals surface area contributed by atoms with Gasteiger partial charge < -0.3 is 5.11 Å². The molecule has 2 aromatic carbocycles. The van der Waals surface area contributed by atoms with Crippen LogP contribution in [-0.2, 0) is 26.0 Å². The first-order chi connectivity index (χ1) is 16.6. The molecule has 0 saturated carbocycles. The molecule has 10 nitrogen and oxygen atoms in total. The summed E-state index contributed by atoms with van der Waals surface area (Å²) in [6.07, 6.45) is 0.818. The van der Waals surface area contributed by atoms with Crippen molar-refractivity contribution in [3.63, 3.8) is 0 Å². The third-order valence-corrected chi connectivity index (χ3v) is 7.48. The highest BCUT2D eigenvalue weighted by Gasteiger charge is 2.58. The van der Waals surface area contributed by atoms with Crippen LogP contribution in [0.15, 0.2) is 48.5 Å². The third kappa shape index (κ3) is 3.38. The Labute approximate surface area is 200 Å². The molecule has 3 aliphatic heterocycles. The fourth-order valence-electron chi connectivity index (χ4n) is 4.38. The molecule has 2 aromatic heterocycles. The summed E-state index contributed by atoms with van der Waals surface area (Å²) in [5, 5.41) is 24.7. The van der Waals surface area contributed by atoms with Crippen LogP contribution in [0.3, 0.4) is 0 Å². The minimum Gasteiger partial charge on any atom is -0.390 e. The molecule has 0 radical (unpaired) electrons. The maximum absolute atomic E-state index is 10.1. The van der Waals surface area contributed by atoms with E-state index < -0.39 is 20.6 Å². The van der Waals surface area contributed by atoms with E-state index in [0.717, 1.165) is 28.7 Å². The maximum Gasteiger partial charge on any atom is 0.341 e. The minimum atomic E-state index is -1.54. The molecule has 4 aromatic rings. The Balaban J connectivity index is 1.41. The number of aromatic amines is 1. The Kier molecular flexibility index (Phi) is 5.44. The van der Waals surface area contributed by atoms with E-state index in [0.29, 0.717) is 23.8 Å². The number of aliphatic hydroxyl groups is 1. The average Bonchev–Trinajstić information content (AvgIpc) is 3.44. The van der Waals surface area contributed by atoms with Crippen LogP contribution < -0.4 is 0 Å². The minimum absolute atomic E-state index is 0.206. The third-order valence-electron chi connectivity index (χ3n) is 5.92. The number of fused-ring (bicyclic) bond motifs is 1. The van der Waals surface area contributed by atoms with Crippen LogP contribution >= 0.6 is 20.2 Å². The maximum atomic E-state index is 10.1. The Morgan fingerprint density at radius 3 is 2.59 bits per heavy atom. The van der Waals surface area contributed by atoms with Crippen LogP contribution in [0.1, 0.15) is 43.1 Å². The number of nitrogens with one attached hydrogen (secondary N) is 1. The summed E-state index contributed by atoms with van der Waals surface area (Å²) in [6.45, 7) is 1.75. The van der Waals surface area contributed by atoms with E-state index in [1.54, 1.807) is 4.57 Å². The molecule has 12 heteroatoms. The largest absolute Gasteiger partial charge is 0.390 e. The lowest BCUT2D eigenvalue weighted by Crippen LogP contribution is -2.39. The van der Waals surface area contributed by atoms with Gasteiger partial charge in [0, 0.05) is 17.5 Å². The topological polar surface area (TPSA) is 120 Å². The smallest absolute Gasteiger partial charge is 0.341 e. The lowest BCUT2D eigenvalue weighted by molar-refractivity contribution is -0.216. The summed E-state index contributed by atoms with van der Waals surface area (Å²) in [4.78, 5) is 4.50. The molecule has 0 aliphatic carbocycles. The second-order valence-electron chi connectivity index (χ2n) is 7.97. The summed E-state index contributed by atoms with van der Waals surface area (Å²) in [6, 6.07) is 15.8. The molecule has 0 spiro atoms. The zero-order valence-corrected chi connectivity index (χ0v) is 19.7. The van der Waals surface area contributed by atoms with Crippen molar-refractivity contribution in [2.45, 2.75) is 38.4 Å². The number of hydrogen-bond donors (Lipinski definition) is 2. The Morgan fingerprint density at radius 2 is 1.91 bits per heavy atom. The van der Waals surface area contributed by atoms with Gasteiger partial charge in [-0.25, -0.2) is 4.98 Å². The van der Waals surface area contributed by atoms with Gasteiger partial charge in [-0.3, -0.25) is 18.1 Å². The van der Waals surface area contributed by atoms with Gasteiger partial charge >= 0.3 is 8.60 Å². The molecular formula is C22H20ClN6O4P. The molecule has 1 unspecified atom stereocenters. The fourth-order valence-corrected chi connectivity index (χ4v) is 5.91. The highest BCUT2D eigenvalue weighted by Crippen LogP contribution is 2.68. The SMILES string of the molecule is CCCC12OP(OC(c3ccc(-c4ccccc4-c4nn[nH]n4)cc3)n3c1nc(Cl)c3CO)O2. The summed E-state index contributed by atoms with van der Waals surface area (Å²) >= 11 is 6.39. The summed E-state index contributed by atoms with van der Waals surface area (Å²) in [7, 11) is -1.54. The zero-order valence-electron chi connectivity index (χ0n) is 18.1. The first-order valence-electron chi connectivity index (χ1n) is 10.8. The van der Waals surface area contributed by atoms with Gasteiger partial charge in [-0.15, -0.1) is 10.2 Å². The molecule has 0 amide bonds. The standard InChI is InChI=1S/C22H20ClN6O4P/c1-2-11-22-21-24-18(23)17(12-30)29(21)20(31-34(32-22)33-22)14-9-7-13(8-10-14)15-5-3-4-6-16(15)19-25-27-28-26-19/h3-10,20,30H,2,11-12H2,1H3,(H,25,26,27,28). The number of benzene rings is 2. The number of nitrogens with zero attached hydrogens (tertiary/aromatic N) is 5. The summed E-state index contributed by atoms with van der Waals surface area (Å²) in [5.41, 5.74) is 4.13. The summed E-state index contributed by atoms with van der Waals surface area (Å²) < 4.78 is 20.1. The van der Waals surface area contributed by atoms with E-state index in [4.69, 9.17) is 25.2 Å². The quantitative estimate of drug-likeness (QED) is 0.368. The van der Waals surface area contributed by atoms with Gasteiger partial charge in [0.25, 0.3) is 0 Å². The molecule has 174 valence electrons. The van der Waals surface area contributed by atoms with Gasteiger partial charge in [-0.1, -0.05) is 73.5 Å². The van der Waals surface area contributed by atoms with Crippen LogP contribution in [0.5, 0.6) is 0 Å².